The van der Waals surface area contributed by atoms with Crippen LogP contribution in [0.3, 0.4) is 0 Å². The van der Waals surface area contributed by atoms with Crippen LogP contribution in [-0.4, -0.2) is 37.4 Å². The van der Waals surface area contributed by atoms with Crippen LogP contribution < -0.4 is 10.6 Å². The molecular formula is C27H30ClN3O2S. The molecule has 2 N–H and O–H groups in total. The molecule has 1 saturated carbocycles. The van der Waals surface area contributed by atoms with E-state index in [0.29, 0.717) is 20.5 Å². The van der Waals surface area contributed by atoms with E-state index >= 15 is 0 Å². The molecule has 1 aliphatic rings. The van der Waals surface area contributed by atoms with Gasteiger partial charge in [-0.25, -0.2) is 0 Å². The Morgan fingerprint density at radius 2 is 1.68 bits per heavy atom. The van der Waals surface area contributed by atoms with Crippen molar-refractivity contribution in [3.63, 3.8) is 0 Å². The number of thiophene rings is 1. The number of carbonyl (C=O) groups excluding carboxylic acids is 2. The second kappa shape index (κ2) is 10.7. The van der Waals surface area contributed by atoms with Gasteiger partial charge in [0.25, 0.3) is 11.8 Å². The average Bonchev–Trinajstić information content (AvgIpc) is 3.47. The second-order valence-electron chi connectivity index (χ2n) is 9.21. The van der Waals surface area contributed by atoms with E-state index in [1.807, 2.05) is 42.5 Å². The molecule has 2 aromatic carbocycles. The van der Waals surface area contributed by atoms with Gasteiger partial charge in [0.05, 0.1) is 9.21 Å². The van der Waals surface area contributed by atoms with Crippen LogP contribution in [0.2, 0.25) is 4.34 Å². The van der Waals surface area contributed by atoms with Gasteiger partial charge in [-0.1, -0.05) is 66.9 Å². The SMILES string of the molecule is CN(C)CC1(c2ccc(NC(=O)C(NC(=O)c3ccc(Cl)s3)c3ccccc3)cc2)CCCC1. The average molecular weight is 496 g/mol. The van der Waals surface area contributed by atoms with Crippen molar-refractivity contribution < 1.29 is 9.59 Å². The smallest absolute Gasteiger partial charge is 0.262 e. The highest BCUT2D eigenvalue weighted by molar-refractivity contribution is 7.18. The van der Waals surface area contributed by atoms with Crippen molar-refractivity contribution in [2.45, 2.75) is 37.1 Å². The zero-order valence-corrected chi connectivity index (χ0v) is 21.1. The van der Waals surface area contributed by atoms with Crippen molar-refractivity contribution in [3.8, 4) is 0 Å². The van der Waals surface area contributed by atoms with Gasteiger partial charge in [-0.3, -0.25) is 9.59 Å². The highest BCUT2D eigenvalue weighted by Gasteiger charge is 2.36. The molecule has 4 rings (SSSR count). The van der Waals surface area contributed by atoms with E-state index in [-0.39, 0.29) is 17.2 Å². The molecule has 0 aliphatic heterocycles. The Labute approximate surface area is 210 Å². The summed E-state index contributed by atoms with van der Waals surface area (Å²) in [5.74, 6) is -0.623. The molecule has 0 bridgehead atoms. The number of carbonyl (C=O) groups is 2. The lowest BCUT2D eigenvalue weighted by atomic mass is 9.78. The van der Waals surface area contributed by atoms with Crippen molar-refractivity contribution in [1.29, 1.82) is 0 Å². The Morgan fingerprint density at radius 1 is 1.00 bits per heavy atom. The summed E-state index contributed by atoms with van der Waals surface area (Å²) in [6, 6.07) is 19.9. The van der Waals surface area contributed by atoms with Gasteiger partial charge in [0.2, 0.25) is 0 Å². The van der Waals surface area contributed by atoms with Crippen LogP contribution in [0.15, 0.2) is 66.7 Å². The van der Waals surface area contributed by atoms with Crippen molar-refractivity contribution >= 4 is 40.4 Å². The normalized spacial score (nSPS) is 15.8. The molecule has 0 saturated heterocycles. The molecule has 1 fully saturated rings. The Kier molecular flexibility index (Phi) is 7.71. The van der Waals surface area contributed by atoms with E-state index in [0.717, 1.165) is 6.54 Å². The molecule has 1 aliphatic carbocycles. The first-order valence-electron chi connectivity index (χ1n) is 11.5. The Bertz CT molecular complexity index is 1120. The van der Waals surface area contributed by atoms with Crippen LogP contribution in [0.5, 0.6) is 0 Å². The Hall–Kier alpha value is -2.67. The summed E-state index contributed by atoms with van der Waals surface area (Å²) in [4.78, 5) is 28.8. The predicted octanol–water partition coefficient (Wildman–Crippen LogP) is 5.88. The summed E-state index contributed by atoms with van der Waals surface area (Å²) in [6.07, 6.45) is 4.87. The second-order valence-corrected chi connectivity index (χ2v) is 10.9. The first-order valence-corrected chi connectivity index (χ1v) is 12.7. The van der Waals surface area contributed by atoms with Gasteiger partial charge in [0, 0.05) is 17.6 Å². The predicted molar refractivity (Wildman–Crippen MR) is 140 cm³/mol. The van der Waals surface area contributed by atoms with E-state index in [1.54, 1.807) is 12.1 Å². The lowest BCUT2D eigenvalue weighted by Gasteiger charge is -2.33. The summed E-state index contributed by atoms with van der Waals surface area (Å²) in [5, 5.41) is 5.85. The molecule has 0 spiro atoms. The minimum absolute atomic E-state index is 0.175. The first-order chi connectivity index (χ1) is 16.4. The molecule has 5 nitrogen and oxygen atoms in total. The summed E-state index contributed by atoms with van der Waals surface area (Å²) in [6.45, 7) is 1.02. The number of hydrogen-bond acceptors (Lipinski definition) is 4. The lowest BCUT2D eigenvalue weighted by molar-refractivity contribution is -0.118. The van der Waals surface area contributed by atoms with E-state index in [9.17, 15) is 9.59 Å². The largest absolute Gasteiger partial charge is 0.336 e. The molecule has 3 aromatic rings. The summed E-state index contributed by atoms with van der Waals surface area (Å²) >= 11 is 7.17. The van der Waals surface area contributed by atoms with Crippen LogP contribution in [-0.2, 0) is 10.2 Å². The molecule has 7 heteroatoms. The molecule has 1 atom stereocenters. The number of nitrogens with one attached hydrogen (secondary N) is 2. The van der Waals surface area contributed by atoms with Crippen molar-refractivity contribution in [2.24, 2.45) is 0 Å². The summed E-state index contributed by atoms with van der Waals surface area (Å²) in [7, 11) is 4.24. The van der Waals surface area contributed by atoms with Gasteiger partial charge < -0.3 is 15.5 Å². The Balaban J connectivity index is 1.51. The number of nitrogens with zero attached hydrogens (tertiary/aromatic N) is 1. The third-order valence-corrected chi connectivity index (χ3v) is 7.64. The number of anilines is 1. The maximum absolute atomic E-state index is 13.3. The number of halogens is 1. The van der Waals surface area contributed by atoms with Gasteiger partial charge >= 0.3 is 0 Å². The van der Waals surface area contributed by atoms with Crippen molar-refractivity contribution in [2.75, 3.05) is 26.0 Å². The molecule has 0 radical (unpaired) electrons. The maximum Gasteiger partial charge on any atom is 0.262 e. The van der Waals surface area contributed by atoms with Crippen LogP contribution in [0.4, 0.5) is 5.69 Å². The highest BCUT2D eigenvalue weighted by Crippen LogP contribution is 2.41. The molecule has 1 aromatic heterocycles. The molecule has 2 amide bonds. The van der Waals surface area contributed by atoms with Crippen LogP contribution in [0.1, 0.15) is 52.5 Å². The number of amides is 2. The van der Waals surface area contributed by atoms with E-state index in [1.165, 1.54) is 42.6 Å². The monoisotopic (exact) mass is 495 g/mol. The van der Waals surface area contributed by atoms with Gasteiger partial charge in [0.15, 0.2) is 0 Å². The van der Waals surface area contributed by atoms with Crippen LogP contribution in [0.25, 0.3) is 0 Å². The third-order valence-electron chi connectivity index (χ3n) is 6.41. The quantitative estimate of drug-likeness (QED) is 0.410. The van der Waals surface area contributed by atoms with E-state index in [4.69, 9.17) is 11.6 Å². The van der Waals surface area contributed by atoms with Crippen molar-refractivity contribution in [1.82, 2.24) is 10.2 Å². The van der Waals surface area contributed by atoms with Gasteiger partial charge in [-0.05, 0) is 62.3 Å². The van der Waals surface area contributed by atoms with E-state index in [2.05, 4.69) is 41.8 Å². The highest BCUT2D eigenvalue weighted by atomic mass is 35.5. The topological polar surface area (TPSA) is 61.4 Å². The molecular weight excluding hydrogens is 466 g/mol. The van der Waals surface area contributed by atoms with Crippen LogP contribution >= 0.6 is 22.9 Å². The molecule has 1 unspecified atom stereocenters. The minimum atomic E-state index is -0.829. The fourth-order valence-corrected chi connectivity index (χ4v) is 5.85. The fourth-order valence-electron chi connectivity index (χ4n) is 4.90. The minimum Gasteiger partial charge on any atom is -0.336 e. The van der Waals surface area contributed by atoms with E-state index < -0.39 is 6.04 Å². The maximum atomic E-state index is 13.3. The zero-order chi connectivity index (χ0) is 24.1. The number of rotatable bonds is 8. The zero-order valence-electron chi connectivity index (χ0n) is 19.5. The summed E-state index contributed by atoms with van der Waals surface area (Å²) < 4.78 is 0.528. The summed E-state index contributed by atoms with van der Waals surface area (Å²) in [5.41, 5.74) is 2.91. The Morgan fingerprint density at radius 3 is 2.26 bits per heavy atom. The molecule has 178 valence electrons. The molecule has 1 heterocycles. The number of hydrogen-bond donors (Lipinski definition) is 2. The van der Waals surface area contributed by atoms with Gasteiger partial charge in [-0.15, -0.1) is 11.3 Å². The van der Waals surface area contributed by atoms with Gasteiger partial charge in [-0.2, -0.15) is 0 Å². The number of benzene rings is 2. The standard InChI is InChI=1S/C27H30ClN3O2S/c1-31(2)18-27(16-6-7-17-27)20-10-12-21(13-11-20)29-26(33)24(19-8-4-3-5-9-19)30-25(32)22-14-15-23(28)34-22/h3-5,8-15,24H,6-7,16-18H2,1-2H3,(H,29,33)(H,30,32). The molecule has 34 heavy (non-hydrogen) atoms. The first kappa shape index (κ1) is 24.5. The number of likely N-dealkylation sites (N-methyl/N-ethyl adjacent to an activating group) is 1. The lowest BCUT2D eigenvalue weighted by Crippen LogP contribution is -2.37. The van der Waals surface area contributed by atoms with Gasteiger partial charge in [0.1, 0.15) is 6.04 Å². The fraction of sp³-hybridized carbons (Fsp3) is 0.333. The third kappa shape index (κ3) is 5.69. The van der Waals surface area contributed by atoms with Crippen LogP contribution in [0, 0.1) is 0 Å². The van der Waals surface area contributed by atoms with Crippen molar-refractivity contribution in [3.05, 3.63) is 87.1 Å².